The van der Waals surface area contributed by atoms with E-state index in [1.807, 2.05) is 0 Å². The smallest absolute Gasteiger partial charge is 0.310 e. The Morgan fingerprint density at radius 1 is 1.14 bits per heavy atom. The second-order valence-corrected chi connectivity index (χ2v) is 8.13. The van der Waals surface area contributed by atoms with Gasteiger partial charge >= 0.3 is 5.97 Å². The first-order valence-electron chi connectivity index (χ1n) is 9.01. The zero-order valence-corrected chi connectivity index (χ0v) is 13.5. The van der Waals surface area contributed by atoms with Crippen LogP contribution in [0.2, 0.25) is 0 Å². The van der Waals surface area contributed by atoms with E-state index in [1.165, 1.54) is 38.5 Å². The summed E-state index contributed by atoms with van der Waals surface area (Å²) in [7, 11) is 2.15. The van der Waals surface area contributed by atoms with Crippen molar-refractivity contribution < 1.29 is 9.90 Å². The average Bonchev–Trinajstić information content (AvgIpc) is 2.96. The molecule has 120 valence electrons. The van der Waals surface area contributed by atoms with Gasteiger partial charge in [0, 0.05) is 13.1 Å². The molecule has 3 aliphatic rings. The largest absolute Gasteiger partial charge is 0.481 e. The summed E-state index contributed by atoms with van der Waals surface area (Å²) in [4.78, 5) is 14.3. The first-order valence-corrected chi connectivity index (χ1v) is 9.01. The van der Waals surface area contributed by atoms with Crippen LogP contribution in [0.15, 0.2) is 0 Å². The molecule has 0 aliphatic heterocycles. The molecule has 0 spiro atoms. The van der Waals surface area contributed by atoms with Crippen LogP contribution in [0.4, 0.5) is 0 Å². The van der Waals surface area contributed by atoms with Crippen LogP contribution in [0.5, 0.6) is 0 Å². The SMILES string of the molecule is CN(CC1CC2CCC1C2)CC1(C(=O)O)CCCCCC1. The Morgan fingerprint density at radius 2 is 1.86 bits per heavy atom. The standard InChI is InChI=1S/C18H31NO2/c1-19(12-16-11-14-6-7-15(16)10-14)13-18(17(20)21)8-4-2-3-5-9-18/h14-16H,2-13H2,1H3,(H,20,21). The molecule has 3 aliphatic carbocycles. The maximum atomic E-state index is 11.9. The van der Waals surface area contributed by atoms with Gasteiger partial charge in [-0.05, 0) is 56.9 Å². The summed E-state index contributed by atoms with van der Waals surface area (Å²) in [6.07, 6.45) is 12.1. The Bertz CT molecular complexity index is 373. The fourth-order valence-corrected chi connectivity index (χ4v) is 5.43. The van der Waals surface area contributed by atoms with Crippen molar-refractivity contribution in [3.05, 3.63) is 0 Å². The minimum absolute atomic E-state index is 0.469. The topological polar surface area (TPSA) is 40.5 Å². The van der Waals surface area contributed by atoms with Gasteiger partial charge in [-0.3, -0.25) is 4.79 Å². The molecule has 0 aromatic heterocycles. The molecule has 3 heteroatoms. The fourth-order valence-electron chi connectivity index (χ4n) is 5.43. The van der Waals surface area contributed by atoms with Gasteiger partial charge in [-0.15, -0.1) is 0 Å². The summed E-state index contributed by atoms with van der Waals surface area (Å²) < 4.78 is 0. The van der Waals surface area contributed by atoms with E-state index >= 15 is 0 Å². The number of hydrogen-bond acceptors (Lipinski definition) is 2. The van der Waals surface area contributed by atoms with E-state index in [2.05, 4.69) is 11.9 Å². The van der Waals surface area contributed by atoms with E-state index in [-0.39, 0.29) is 0 Å². The lowest BCUT2D eigenvalue weighted by atomic mass is 9.79. The first-order chi connectivity index (χ1) is 10.1. The van der Waals surface area contributed by atoms with Crippen molar-refractivity contribution in [2.45, 2.75) is 64.2 Å². The molecule has 0 aromatic rings. The van der Waals surface area contributed by atoms with Crippen LogP contribution in [0.25, 0.3) is 0 Å². The fraction of sp³-hybridized carbons (Fsp3) is 0.944. The molecule has 21 heavy (non-hydrogen) atoms. The van der Waals surface area contributed by atoms with Crippen LogP contribution in [0, 0.1) is 23.2 Å². The number of carboxylic acids is 1. The maximum absolute atomic E-state index is 11.9. The quantitative estimate of drug-likeness (QED) is 0.784. The highest BCUT2D eigenvalue weighted by Crippen LogP contribution is 2.48. The Balaban J connectivity index is 1.58. The van der Waals surface area contributed by atoms with Gasteiger partial charge in [-0.25, -0.2) is 0 Å². The zero-order chi connectivity index (χ0) is 14.9. The predicted octanol–water partition coefficient (Wildman–Crippen LogP) is 3.78. The molecule has 3 unspecified atom stereocenters. The number of rotatable bonds is 5. The average molecular weight is 293 g/mol. The van der Waals surface area contributed by atoms with Crippen LogP contribution in [-0.4, -0.2) is 36.1 Å². The predicted molar refractivity (Wildman–Crippen MR) is 84.2 cm³/mol. The van der Waals surface area contributed by atoms with Crippen molar-refractivity contribution in [1.82, 2.24) is 4.90 Å². The second kappa shape index (κ2) is 6.28. The molecule has 0 heterocycles. The Kier molecular flexibility index (Phi) is 4.58. The van der Waals surface area contributed by atoms with E-state index in [1.54, 1.807) is 0 Å². The lowest BCUT2D eigenvalue weighted by molar-refractivity contribution is -0.151. The van der Waals surface area contributed by atoms with Gasteiger partial charge in [-0.2, -0.15) is 0 Å². The summed E-state index contributed by atoms with van der Waals surface area (Å²) in [6.45, 7) is 1.88. The number of fused-ring (bicyclic) bond motifs is 2. The van der Waals surface area contributed by atoms with Crippen molar-refractivity contribution in [2.75, 3.05) is 20.1 Å². The van der Waals surface area contributed by atoms with Gasteiger partial charge in [0.25, 0.3) is 0 Å². The molecule has 0 amide bonds. The highest BCUT2D eigenvalue weighted by Gasteiger charge is 2.42. The number of hydrogen-bond donors (Lipinski definition) is 1. The van der Waals surface area contributed by atoms with Crippen LogP contribution in [0.3, 0.4) is 0 Å². The monoisotopic (exact) mass is 293 g/mol. The maximum Gasteiger partial charge on any atom is 0.310 e. The number of aliphatic carboxylic acids is 1. The third-order valence-electron chi connectivity index (χ3n) is 6.52. The highest BCUT2D eigenvalue weighted by molar-refractivity contribution is 5.75. The van der Waals surface area contributed by atoms with Crippen LogP contribution < -0.4 is 0 Å². The third kappa shape index (κ3) is 3.28. The molecule has 3 saturated carbocycles. The van der Waals surface area contributed by atoms with Crippen molar-refractivity contribution in [1.29, 1.82) is 0 Å². The van der Waals surface area contributed by atoms with Gasteiger partial charge in [0.05, 0.1) is 5.41 Å². The molecule has 3 atom stereocenters. The van der Waals surface area contributed by atoms with Crippen molar-refractivity contribution in [3.63, 3.8) is 0 Å². The minimum atomic E-state index is -0.552. The van der Waals surface area contributed by atoms with Gasteiger partial charge in [0.1, 0.15) is 0 Å². The summed E-state index contributed by atoms with van der Waals surface area (Å²) in [5.74, 6) is 2.21. The molecule has 0 saturated heterocycles. The van der Waals surface area contributed by atoms with Crippen LogP contribution in [-0.2, 0) is 4.79 Å². The van der Waals surface area contributed by atoms with E-state index < -0.39 is 11.4 Å². The number of carbonyl (C=O) groups is 1. The second-order valence-electron chi connectivity index (χ2n) is 8.13. The molecular formula is C18H31NO2. The van der Waals surface area contributed by atoms with Gasteiger partial charge in [-0.1, -0.05) is 32.1 Å². The number of carboxylic acid groups (broad SMARTS) is 1. The molecule has 3 fully saturated rings. The summed E-state index contributed by atoms with van der Waals surface area (Å²) in [5.41, 5.74) is -0.469. The Morgan fingerprint density at radius 3 is 2.38 bits per heavy atom. The van der Waals surface area contributed by atoms with Crippen molar-refractivity contribution >= 4 is 5.97 Å². The molecule has 0 aromatic carbocycles. The molecule has 2 bridgehead atoms. The van der Waals surface area contributed by atoms with Crippen LogP contribution in [0.1, 0.15) is 64.2 Å². The Hall–Kier alpha value is -0.570. The Labute approximate surface area is 129 Å². The molecule has 3 rings (SSSR count). The lowest BCUT2D eigenvalue weighted by Gasteiger charge is -2.35. The van der Waals surface area contributed by atoms with E-state index in [4.69, 9.17) is 0 Å². The molecular weight excluding hydrogens is 262 g/mol. The molecule has 1 N–H and O–H groups in total. The first kappa shape index (κ1) is 15.3. The minimum Gasteiger partial charge on any atom is -0.481 e. The summed E-state index contributed by atoms with van der Waals surface area (Å²) in [5, 5.41) is 9.80. The van der Waals surface area contributed by atoms with Gasteiger partial charge in [0.15, 0.2) is 0 Å². The van der Waals surface area contributed by atoms with Crippen molar-refractivity contribution in [2.24, 2.45) is 23.2 Å². The van der Waals surface area contributed by atoms with Crippen LogP contribution >= 0.6 is 0 Å². The zero-order valence-electron chi connectivity index (χ0n) is 13.5. The molecule has 3 nitrogen and oxygen atoms in total. The van der Waals surface area contributed by atoms with Crippen molar-refractivity contribution in [3.8, 4) is 0 Å². The summed E-state index contributed by atoms with van der Waals surface area (Å²) in [6, 6.07) is 0. The van der Waals surface area contributed by atoms with E-state index in [0.29, 0.717) is 0 Å². The van der Waals surface area contributed by atoms with Gasteiger partial charge < -0.3 is 10.0 Å². The molecule has 0 radical (unpaired) electrons. The van der Waals surface area contributed by atoms with Gasteiger partial charge in [0.2, 0.25) is 0 Å². The highest BCUT2D eigenvalue weighted by atomic mass is 16.4. The lowest BCUT2D eigenvalue weighted by Crippen LogP contribution is -2.43. The third-order valence-corrected chi connectivity index (χ3v) is 6.52. The van der Waals surface area contributed by atoms with E-state index in [0.717, 1.165) is 56.5 Å². The normalized spacial score (nSPS) is 35.0. The number of nitrogens with zero attached hydrogens (tertiary/aromatic N) is 1. The summed E-state index contributed by atoms with van der Waals surface area (Å²) >= 11 is 0. The van der Waals surface area contributed by atoms with E-state index in [9.17, 15) is 9.90 Å².